The minimum Gasteiger partial charge on any atom is -0.366 e. The third-order valence-corrected chi connectivity index (χ3v) is 5.61. The number of hydrogen-bond donors (Lipinski definition) is 1. The largest absolute Gasteiger partial charge is 0.366 e. The number of primary amides is 1. The zero-order chi connectivity index (χ0) is 17.2. The van der Waals surface area contributed by atoms with Crippen LogP contribution in [0, 0.1) is 5.92 Å². The molecule has 1 aliphatic heterocycles. The highest BCUT2D eigenvalue weighted by Crippen LogP contribution is 2.30. The van der Waals surface area contributed by atoms with Crippen LogP contribution >= 0.6 is 0 Å². The molecule has 1 aliphatic rings. The molecule has 23 heavy (non-hydrogen) atoms. The molecule has 6 nitrogen and oxygen atoms in total. The first-order valence-electron chi connectivity index (χ1n) is 7.64. The van der Waals surface area contributed by atoms with Crippen LogP contribution in [0.4, 0.5) is 5.69 Å². The topological polar surface area (TPSA) is 97.5 Å². The van der Waals surface area contributed by atoms with Gasteiger partial charge in [0.05, 0.1) is 5.75 Å². The molecular formula is C16H22N2O4S. The van der Waals surface area contributed by atoms with Gasteiger partial charge >= 0.3 is 0 Å². The first kappa shape index (κ1) is 17.5. The van der Waals surface area contributed by atoms with Gasteiger partial charge in [-0.2, -0.15) is 0 Å². The molecule has 0 unspecified atom stereocenters. The number of carbonyl (C=O) groups excluding carboxylic acids is 2. The number of hydrogen-bond acceptors (Lipinski definition) is 4. The Morgan fingerprint density at radius 2 is 2.00 bits per heavy atom. The zero-order valence-corrected chi connectivity index (χ0v) is 14.2. The van der Waals surface area contributed by atoms with E-state index in [4.69, 9.17) is 5.73 Å². The third-order valence-electron chi connectivity index (χ3n) is 3.75. The second kappa shape index (κ2) is 6.70. The molecule has 0 fully saturated rings. The number of fused-ring (bicyclic) bond motifs is 1. The van der Waals surface area contributed by atoms with Gasteiger partial charge in [-0.25, -0.2) is 8.42 Å². The number of nitrogens with zero attached hydrogens (tertiary/aromatic N) is 1. The Hall–Kier alpha value is -1.89. The fourth-order valence-corrected chi connectivity index (χ4v) is 4.61. The molecule has 1 aromatic rings. The van der Waals surface area contributed by atoms with Gasteiger partial charge in [-0.1, -0.05) is 19.9 Å². The molecule has 0 atom stereocenters. The van der Waals surface area contributed by atoms with Crippen molar-refractivity contribution < 1.29 is 18.0 Å². The lowest BCUT2D eigenvalue weighted by atomic mass is 9.96. The Bertz CT molecular complexity index is 726. The van der Waals surface area contributed by atoms with Crippen molar-refractivity contribution in [3.8, 4) is 0 Å². The predicted molar refractivity (Wildman–Crippen MR) is 89.1 cm³/mol. The Labute approximate surface area is 136 Å². The Morgan fingerprint density at radius 1 is 1.30 bits per heavy atom. The van der Waals surface area contributed by atoms with Crippen LogP contribution in [0.3, 0.4) is 0 Å². The predicted octanol–water partition coefficient (Wildman–Crippen LogP) is 1.14. The fourth-order valence-electron chi connectivity index (χ4n) is 2.95. The van der Waals surface area contributed by atoms with E-state index in [2.05, 4.69) is 0 Å². The smallest absolute Gasteiger partial charge is 0.249 e. The summed E-state index contributed by atoms with van der Waals surface area (Å²) in [5.74, 6) is -1.54. The summed E-state index contributed by atoms with van der Waals surface area (Å²) in [5.41, 5.74) is 7.09. The number of anilines is 1. The zero-order valence-electron chi connectivity index (χ0n) is 13.4. The van der Waals surface area contributed by atoms with E-state index in [0.29, 0.717) is 30.6 Å². The van der Waals surface area contributed by atoms with Gasteiger partial charge in [0.1, 0.15) is 5.75 Å². The van der Waals surface area contributed by atoms with Crippen molar-refractivity contribution in [1.82, 2.24) is 0 Å². The van der Waals surface area contributed by atoms with Crippen LogP contribution < -0.4 is 10.6 Å². The molecule has 0 saturated carbocycles. The summed E-state index contributed by atoms with van der Waals surface area (Å²) in [4.78, 5) is 25.5. The normalized spacial score (nSPS) is 14.7. The minimum absolute atomic E-state index is 0.0131. The monoisotopic (exact) mass is 338 g/mol. The molecule has 0 radical (unpaired) electrons. The summed E-state index contributed by atoms with van der Waals surface area (Å²) in [7, 11) is -3.44. The molecule has 7 heteroatoms. The van der Waals surface area contributed by atoms with Gasteiger partial charge in [0, 0.05) is 17.8 Å². The van der Waals surface area contributed by atoms with Crippen molar-refractivity contribution in [1.29, 1.82) is 0 Å². The fraction of sp³-hybridized carbons (Fsp3) is 0.500. The first-order valence-corrected chi connectivity index (χ1v) is 9.46. The number of amides is 2. The van der Waals surface area contributed by atoms with E-state index < -0.39 is 27.4 Å². The van der Waals surface area contributed by atoms with Crippen molar-refractivity contribution in [2.24, 2.45) is 11.7 Å². The lowest BCUT2D eigenvalue weighted by Gasteiger charge is -2.30. The summed E-state index contributed by atoms with van der Waals surface area (Å²) in [6.45, 7) is 4.06. The maximum atomic E-state index is 12.5. The van der Waals surface area contributed by atoms with Gasteiger partial charge in [-0.05, 0) is 36.5 Å². The summed E-state index contributed by atoms with van der Waals surface area (Å²) >= 11 is 0. The number of rotatable bonds is 5. The summed E-state index contributed by atoms with van der Waals surface area (Å²) < 4.78 is 24.1. The van der Waals surface area contributed by atoms with Crippen LogP contribution in [0.15, 0.2) is 18.2 Å². The van der Waals surface area contributed by atoms with E-state index in [9.17, 15) is 18.0 Å². The summed E-state index contributed by atoms with van der Waals surface area (Å²) in [6, 6.07) is 5.02. The SMILES string of the molecule is CC(C)CS(=O)(=O)CC(=O)N1CCCc2c(C(N)=O)cccc21. The lowest BCUT2D eigenvalue weighted by Crippen LogP contribution is -2.40. The van der Waals surface area contributed by atoms with Crippen molar-refractivity contribution in [2.45, 2.75) is 26.7 Å². The number of nitrogens with two attached hydrogens (primary N) is 1. The first-order chi connectivity index (χ1) is 10.7. The van der Waals surface area contributed by atoms with Gasteiger partial charge < -0.3 is 10.6 Å². The number of sulfone groups is 1. The molecule has 0 aromatic heterocycles. The van der Waals surface area contributed by atoms with Crippen LogP contribution in [-0.4, -0.2) is 38.3 Å². The molecule has 126 valence electrons. The lowest BCUT2D eigenvalue weighted by molar-refractivity contribution is -0.116. The summed E-state index contributed by atoms with van der Waals surface area (Å²) in [5, 5.41) is 0. The standard InChI is InChI=1S/C16H22N2O4S/c1-11(2)9-23(21,22)10-15(19)18-8-4-6-12-13(16(17)20)5-3-7-14(12)18/h3,5,7,11H,4,6,8-10H2,1-2H3,(H2,17,20). The van der Waals surface area contributed by atoms with E-state index in [1.54, 1.807) is 32.0 Å². The highest BCUT2D eigenvalue weighted by atomic mass is 32.2. The van der Waals surface area contributed by atoms with E-state index in [0.717, 1.165) is 5.56 Å². The van der Waals surface area contributed by atoms with Crippen molar-refractivity contribution in [3.63, 3.8) is 0 Å². The highest BCUT2D eigenvalue weighted by Gasteiger charge is 2.28. The molecule has 0 bridgehead atoms. The third kappa shape index (κ3) is 4.10. The molecule has 0 spiro atoms. The van der Waals surface area contributed by atoms with E-state index in [1.807, 2.05) is 0 Å². The Balaban J connectivity index is 2.29. The van der Waals surface area contributed by atoms with Gasteiger partial charge in [0.2, 0.25) is 11.8 Å². The second-order valence-electron chi connectivity index (χ2n) is 6.26. The molecule has 2 amide bonds. The molecular weight excluding hydrogens is 316 g/mol. The molecule has 0 saturated heterocycles. The van der Waals surface area contributed by atoms with E-state index in [-0.39, 0.29) is 11.7 Å². The Kier molecular flexibility index (Phi) is 5.09. The average Bonchev–Trinajstić information content (AvgIpc) is 2.43. The average molecular weight is 338 g/mol. The van der Waals surface area contributed by atoms with Gasteiger partial charge in [0.25, 0.3) is 0 Å². The molecule has 1 aromatic carbocycles. The number of carbonyl (C=O) groups is 2. The molecule has 2 N–H and O–H groups in total. The maximum Gasteiger partial charge on any atom is 0.249 e. The van der Waals surface area contributed by atoms with Crippen LogP contribution in [0.25, 0.3) is 0 Å². The van der Waals surface area contributed by atoms with Crippen LogP contribution in [0.5, 0.6) is 0 Å². The highest BCUT2D eigenvalue weighted by molar-refractivity contribution is 7.92. The van der Waals surface area contributed by atoms with Crippen molar-refractivity contribution >= 4 is 27.3 Å². The quantitative estimate of drug-likeness (QED) is 0.870. The van der Waals surface area contributed by atoms with Crippen LogP contribution in [-0.2, 0) is 21.1 Å². The minimum atomic E-state index is -3.44. The van der Waals surface area contributed by atoms with E-state index in [1.165, 1.54) is 4.90 Å². The van der Waals surface area contributed by atoms with Gasteiger partial charge in [-0.3, -0.25) is 9.59 Å². The molecule has 2 rings (SSSR count). The maximum absolute atomic E-state index is 12.5. The van der Waals surface area contributed by atoms with Crippen molar-refractivity contribution in [2.75, 3.05) is 23.0 Å². The van der Waals surface area contributed by atoms with E-state index >= 15 is 0 Å². The Morgan fingerprint density at radius 3 is 2.61 bits per heavy atom. The van der Waals surface area contributed by atoms with Gasteiger partial charge in [-0.15, -0.1) is 0 Å². The van der Waals surface area contributed by atoms with Gasteiger partial charge in [0.15, 0.2) is 9.84 Å². The number of benzene rings is 1. The summed E-state index contributed by atoms with van der Waals surface area (Å²) in [6.07, 6.45) is 1.32. The second-order valence-corrected chi connectivity index (χ2v) is 8.37. The molecule has 0 aliphatic carbocycles. The van der Waals surface area contributed by atoms with Crippen molar-refractivity contribution in [3.05, 3.63) is 29.3 Å². The molecule has 1 heterocycles. The van der Waals surface area contributed by atoms with Crippen LogP contribution in [0.2, 0.25) is 0 Å². The van der Waals surface area contributed by atoms with Crippen LogP contribution in [0.1, 0.15) is 36.2 Å².